The molecule has 17 heavy (non-hydrogen) atoms. The predicted octanol–water partition coefficient (Wildman–Crippen LogP) is 3.39. The summed E-state index contributed by atoms with van der Waals surface area (Å²) >= 11 is 0. The Morgan fingerprint density at radius 3 is 2.53 bits per heavy atom. The maximum atomic E-state index is 13.7. The molecule has 0 heterocycles. The Bertz CT molecular complexity index is 401. The zero-order chi connectivity index (χ0) is 13.0. The van der Waals surface area contributed by atoms with Crippen molar-refractivity contribution in [3.63, 3.8) is 0 Å². The van der Waals surface area contributed by atoms with Gasteiger partial charge in [-0.3, -0.25) is 4.79 Å². The molecule has 1 aromatic rings. The third-order valence-corrected chi connectivity index (χ3v) is 2.70. The molecule has 0 aliphatic rings. The second-order valence-electron chi connectivity index (χ2n) is 4.58. The number of nitrogens with zero attached hydrogens (tertiary/aromatic N) is 1. The van der Waals surface area contributed by atoms with Crippen LogP contribution in [0.5, 0.6) is 0 Å². The van der Waals surface area contributed by atoms with E-state index in [-0.39, 0.29) is 17.5 Å². The second kappa shape index (κ2) is 5.80. The number of hydrogen-bond donors (Lipinski definition) is 0. The van der Waals surface area contributed by atoms with Crippen molar-refractivity contribution in [2.45, 2.75) is 40.2 Å². The van der Waals surface area contributed by atoms with Gasteiger partial charge in [0, 0.05) is 12.6 Å². The van der Waals surface area contributed by atoms with Crippen LogP contribution in [0.15, 0.2) is 18.2 Å². The molecule has 0 bridgehead atoms. The topological polar surface area (TPSA) is 20.3 Å². The number of rotatable bonds is 4. The number of carbonyl (C=O) groups is 1. The number of carbonyl (C=O) groups excluding carboxylic acids is 1. The molecule has 0 saturated carbocycles. The molecule has 3 heteroatoms. The highest BCUT2D eigenvalue weighted by Gasteiger charge is 2.20. The van der Waals surface area contributed by atoms with E-state index >= 15 is 0 Å². The van der Waals surface area contributed by atoms with E-state index < -0.39 is 5.82 Å². The minimum atomic E-state index is -0.434. The Morgan fingerprint density at radius 2 is 2.06 bits per heavy atom. The molecule has 0 aromatic heterocycles. The summed E-state index contributed by atoms with van der Waals surface area (Å²) in [5.74, 6) is -0.656. The van der Waals surface area contributed by atoms with Crippen molar-refractivity contribution in [1.29, 1.82) is 0 Å². The quantitative estimate of drug-likeness (QED) is 0.786. The number of amides is 1. The Balaban J connectivity index is 3.01. The molecule has 1 aromatic carbocycles. The molecule has 0 fully saturated rings. The van der Waals surface area contributed by atoms with Gasteiger partial charge in [0.2, 0.25) is 0 Å². The standard InChI is InChI=1S/C14H20FNO/c1-5-8-16(10(2)3)14(17)12-7-6-11(4)9-13(12)15/h6-7,9-10H,5,8H2,1-4H3. The van der Waals surface area contributed by atoms with Gasteiger partial charge in [0.15, 0.2) is 0 Å². The zero-order valence-electron chi connectivity index (χ0n) is 11.0. The fourth-order valence-electron chi connectivity index (χ4n) is 1.78. The highest BCUT2D eigenvalue weighted by molar-refractivity contribution is 5.94. The van der Waals surface area contributed by atoms with Crippen LogP contribution in [-0.2, 0) is 0 Å². The average molecular weight is 237 g/mol. The summed E-state index contributed by atoms with van der Waals surface area (Å²) in [7, 11) is 0. The molecule has 2 nitrogen and oxygen atoms in total. The van der Waals surface area contributed by atoms with Crippen LogP contribution in [0.1, 0.15) is 43.1 Å². The van der Waals surface area contributed by atoms with Crippen LogP contribution in [0.25, 0.3) is 0 Å². The molecule has 0 saturated heterocycles. The number of benzene rings is 1. The molecule has 0 aliphatic heterocycles. The van der Waals surface area contributed by atoms with Gasteiger partial charge in [-0.05, 0) is 44.9 Å². The van der Waals surface area contributed by atoms with Crippen molar-refractivity contribution in [3.05, 3.63) is 35.1 Å². The maximum absolute atomic E-state index is 13.7. The molecule has 1 rings (SSSR count). The Morgan fingerprint density at radius 1 is 1.41 bits per heavy atom. The average Bonchev–Trinajstić information content (AvgIpc) is 2.24. The van der Waals surface area contributed by atoms with E-state index in [4.69, 9.17) is 0 Å². The van der Waals surface area contributed by atoms with Gasteiger partial charge < -0.3 is 4.90 Å². The van der Waals surface area contributed by atoms with Crippen LogP contribution in [0.4, 0.5) is 4.39 Å². The summed E-state index contributed by atoms with van der Waals surface area (Å²) in [6.07, 6.45) is 0.872. The van der Waals surface area contributed by atoms with E-state index in [0.717, 1.165) is 12.0 Å². The van der Waals surface area contributed by atoms with Gasteiger partial charge in [0.1, 0.15) is 5.82 Å². The Kier molecular flexibility index (Phi) is 4.67. The van der Waals surface area contributed by atoms with Crippen LogP contribution in [0.3, 0.4) is 0 Å². The van der Waals surface area contributed by atoms with Crippen molar-refractivity contribution >= 4 is 5.91 Å². The minimum absolute atomic E-state index is 0.0863. The summed E-state index contributed by atoms with van der Waals surface area (Å²) in [5.41, 5.74) is 0.989. The van der Waals surface area contributed by atoms with Gasteiger partial charge in [-0.15, -0.1) is 0 Å². The molecule has 0 aliphatic carbocycles. The summed E-state index contributed by atoms with van der Waals surface area (Å²) < 4.78 is 13.7. The molecule has 1 amide bonds. The highest BCUT2D eigenvalue weighted by Crippen LogP contribution is 2.14. The largest absolute Gasteiger partial charge is 0.336 e. The molecule has 94 valence electrons. The number of aryl methyl sites for hydroxylation is 1. The predicted molar refractivity (Wildman–Crippen MR) is 67.6 cm³/mol. The SMILES string of the molecule is CCCN(C(=O)c1ccc(C)cc1F)C(C)C. The first-order valence-electron chi connectivity index (χ1n) is 6.04. The zero-order valence-corrected chi connectivity index (χ0v) is 11.0. The van der Waals surface area contributed by atoms with Gasteiger partial charge in [-0.25, -0.2) is 4.39 Å². The Labute approximate surface area is 102 Å². The fraction of sp³-hybridized carbons (Fsp3) is 0.500. The van der Waals surface area contributed by atoms with E-state index in [0.29, 0.717) is 6.54 Å². The normalized spacial score (nSPS) is 10.7. The van der Waals surface area contributed by atoms with Crippen molar-refractivity contribution in [3.8, 4) is 0 Å². The smallest absolute Gasteiger partial charge is 0.257 e. The summed E-state index contributed by atoms with van der Waals surface area (Å²) in [6.45, 7) is 8.36. The molecule has 0 radical (unpaired) electrons. The maximum Gasteiger partial charge on any atom is 0.257 e. The first kappa shape index (κ1) is 13.7. The molecule has 0 spiro atoms. The van der Waals surface area contributed by atoms with E-state index in [1.165, 1.54) is 6.07 Å². The van der Waals surface area contributed by atoms with Crippen molar-refractivity contribution in [1.82, 2.24) is 4.90 Å². The molecule has 0 atom stereocenters. The lowest BCUT2D eigenvalue weighted by Gasteiger charge is -2.26. The highest BCUT2D eigenvalue weighted by atomic mass is 19.1. The lowest BCUT2D eigenvalue weighted by Crippen LogP contribution is -2.38. The van der Waals surface area contributed by atoms with E-state index in [1.807, 2.05) is 27.7 Å². The van der Waals surface area contributed by atoms with E-state index in [9.17, 15) is 9.18 Å². The first-order chi connectivity index (χ1) is 7.97. The Hall–Kier alpha value is -1.38. The lowest BCUT2D eigenvalue weighted by molar-refractivity contribution is 0.0701. The van der Waals surface area contributed by atoms with E-state index in [1.54, 1.807) is 17.0 Å². The van der Waals surface area contributed by atoms with Crippen molar-refractivity contribution in [2.75, 3.05) is 6.54 Å². The molecule has 0 unspecified atom stereocenters. The van der Waals surface area contributed by atoms with E-state index in [2.05, 4.69) is 0 Å². The van der Waals surface area contributed by atoms with Gasteiger partial charge in [0.05, 0.1) is 5.56 Å². The third-order valence-electron chi connectivity index (χ3n) is 2.70. The summed E-state index contributed by atoms with van der Waals surface area (Å²) in [4.78, 5) is 13.9. The number of halogens is 1. The van der Waals surface area contributed by atoms with Crippen molar-refractivity contribution in [2.24, 2.45) is 0 Å². The minimum Gasteiger partial charge on any atom is -0.336 e. The molecule has 0 N–H and O–H groups in total. The summed E-state index contributed by atoms with van der Waals surface area (Å²) in [6, 6.07) is 4.82. The number of hydrogen-bond acceptors (Lipinski definition) is 1. The van der Waals surface area contributed by atoms with Crippen LogP contribution in [-0.4, -0.2) is 23.4 Å². The lowest BCUT2D eigenvalue weighted by atomic mass is 10.1. The van der Waals surface area contributed by atoms with Crippen LogP contribution in [0, 0.1) is 12.7 Å². The second-order valence-corrected chi connectivity index (χ2v) is 4.58. The van der Waals surface area contributed by atoms with Crippen molar-refractivity contribution < 1.29 is 9.18 Å². The molecular formula is C14H20FNO. The van der Waals surface area contributed by atoms with Gasteiger partial charge in [-0.1, -0.05) is 13.0 Å². The monoisotopic (exact) mass is 237 g/mol. The fourth-order valence-corrected chi connectivity index (χ4v) is 1.78. The van der Waals surface area contributed by atoms with Gasteiger partial charge >= 0.3 is 0 Å². The third kappa shape index (κ3) is 3.29. The van der Waals surface area contributed by atoms with Gasteiger partial charge in [0.25, 0.3) is 5.91 Å². The summed E-state index contributed by atoms with van der Waals surface area (Å²) in [5, 5.41) is 0. The molecular weight excluding hydrogens is 217 g/mol. The van der Waals surface area contributed by atoms with Crippen LogP contribution in [0.2, 0.25) is 0 Å². The van der Waals surface area contributed by atoms with Gasteiger partial charge in [-0.2, -0.15) is 0 Å². The van der Waals surface area contributed by atoms with Crippen LogP contribution >= 0.6 is 0 Å². The van der Waals surface area contributed by atoms with Crippen LogP contribution < -0.4 is 0 Å². The first-order valence-corrected chi connectivity index (χ1v) is 6.04.